The van der Waals surface area contributed by atoms with Crippen molar-refractivity contribution in [3.8, 4) is 6.07 Å². The Morgan fingerprint density at radius 1 is 1.35 bits per heavy atom. The van der Waals surface area contributed by atoms with Gasteiger partial charge in [-0.3, -0.25) is 9.79 Å². The zero-order chi connectivity index (χ0) is 19.3. The van der Waals surface area contributed by atoms with Crippen LogP contribution in [0, 0.1) is 23.2 Å². The Morgan fingerprint density at radius 2 is 1.78 bits per heavy atom. The molecule has 2 unspecified atom stereocenters. The van der Waals surface area contributed by atoms with Crippen LogP contribution < -0.4 is 5.32 Å². The second kappa shape index (κ2) is 24.9. The maximum absolute atomic E-state index is 11.2. The Morgan fingerprint density at radius 3 is 1.96 bits per heavy atom. The molecule has 1 amide bonds. The van der Waals surface area contributed by atoms with Crippen LogP contribution >= 0.6 is 0 Å². The van der Waals surface area contributed by atoms with E-state index in [1.54, 1.807) is 6.92 Å². The van der Waals surface area contributed by atoms with Crippen LogP contribution in [-0.2, 0) is 4.79 Å². The minimum atomic E-state index is -0.871. The second-order valence-corrected chi connectivity index (χ2v) is 4.08. The Balaban J connectivity index is -0.000000167. The number of allylic oxidation sites excluding steroid dienone is 1. The van der Waals surface area contributed by atoms with Crippen molar-refractivity contribution in [2.75, 3.05) is 7.05 Å². The largest absolute Gasteiger partial charge is 0.514 e. The predicted molar refractivity (Wildman–Crippen MR) is 100 cm³/mol. The molecule has 0 aliphatic rings. The summed E-state index contributed by atoms with van der Waals surface area (Å²) in [5, 5.41) is 19.9. The topological polar surface area (TPSA) is 85.5 Å². The quantitative estimate of drug-likeness (QED) is 0.424. The number of carbonyl (C=O) groups excluding carboxylic acids is 1. The van der Waals surface area contributed by atoms with Crippen molar-refractivity contribution >= 4 is 12.6 Å². The van der Waals surface area contributed by atoms with E-state index >= 15 is 0 Å². The molecule has 0 saturated heterocycles. The van der Waals surface area contributed by atoms with E-state index in [0.29, 0.717) is 0 Å². The number of unbranched alkanes of at least 4 members (excludes halogenated alkanes) is 2. The van der Waals surface area contributed by atoms with E-state index in [4.69, 9.17) is 10.4 Å². The lowest BCUT2D eigenvalue weighted by atomic mass is 9.92. The van der Waals surface area contributed by atoms with Gasteiger partial charge in [-0.15, -0.1) is 13.2 Å². The van der Waals surface area contributed by atoms with Gasteiger partial charge in [-0.1, -0.05) is 53.9 Å². The molecule has 0 saturated carbocycles. The van der Waals surface area contributed by atoms with Crippen molar-refractivity contribution in [2.45, 2.75) is 53.9 Å². The molecule has 0 spiro atoms. The van der Waals surface area contributed by atoms with Crippen LogP contribution in [0.4, 0.5) is 0 Å². The maximum Gasteiger partial charge on any atom is 0.237 e. The van der Waals surface area contributed by atoms with Crippen molar-refractivity contribution in [1.82, 2.24) is 5.32 Å². The normalized spacial score (nSPS) is 11.4. The molecule has 0 rings (SSSR count). The van der Waals surface area contributed by atoms with Crippen LogP contribution in [0.15, 0.2) is 30.1 Å². The summed E-state index contributed by atoms with van der Waals surface area (Å²) in [7, 11) is 1.45. The predicted octanol–water partition coefficient (Wildman–Crippen LogP) is 4.63. The van der Waals surface area contributed by atoms with E-state index in [2.05, 4.69) is 44.0 Å². The lowest BCUT2D eigenvalue weighted by molar-refractivity contribution is -0.123. The third-order valence-electron chi connectivity index (χ3n) is 2.66. The molecular formula is C18H35N3O2. The molecule has 0 aromatic carbocycles. The van der Waals surface area contributed by atoms with E-state index in [1.165, 1.54) is 26.3 Å². The number of aliphatic hydroxyl groups excluding tert-OH is 1. The van der Waals surface area contributed by atoms with Crippen molar-refractivity contribution in [3.63, 3.8) is 0 Å². The number of nitriles is 1. The van der Waals surface area contributed by atoms with E-state index in [-0.39, 0.29) is 5.70 Å². The highest BCUT2D eigenvalue weighted by Crippen LogP contribution is 2.20. The van der Waals surface area contributed by atoms with E-state index < -0.39 is 17.7 Å². The summed E-state index contributed by atoms with van der Waals surface area (Å²) >= 11 is 0. The molecule has 0 aromatic heterocycles. The number of nitrogens with zero attached hydrogens (tertiary/aromatic N) is 2. The van der Waals surface area contributed by atoms with Gasteiger partial charge in [0.25, 0.3) is 0 Å². The number of amides is 1. The number of hydrogen-bond donors (Lipinski definition) is 2. The van der Waals surface area contributed by atoms with Crippen LogP contribution in [0.1, 0.15) is 53.9 Å². The molecule has 2 N–H and O–H groups in total. The van der Waals surface area contributed by atoms with Crippen LogP contribution in [-0.4, -0.2) is 24.8 Å². The van der Waals surface area contributed by atoms with Gasteiger partial charge >= 0.3 is 0 Å². The molecule has 23 heavy (non-hydrogen) atoms. The third kappa shape index (κ3) is 16.1. The lowest BCUT2D eigenvalue weighted by Gasteiger charge is -2.15. The van der Waals surface area contributed by atoms with Crippen molar-refractivity contribution < 1.29 is 9.90 Å². The zero-order valence-corrected chi connectivity index (χ0v) is 15.7. The average Bonchev–Trinajstić information content (AvgIpc) is 2.61. The van der Waals surface area contributed by atoms with E-state index in [0.717, 1.165) is 6.26 Å². The van der Waals surface area contributed by atoms with Crippen LogP contribution in [0.3, 0.4) is 0 Å². The van der Waals surface area contributed by atoms with Gasteiger partial charge in [-0.25, -0.2) is 0 Å². The Kier molecular flexibility index (Phi) is 31.4. The van der Waals surface area contributed by atoms with Crippen LogP contribution in [0.25, 0.3) is 0 Å². The molecule has 134 valence electrons. The minimum absolute atomic E-state index is 0.222. The summed E-state index contributed by atoms with van der Waals surface area (Å²) in [6.07, 6.45) is 4.83. The standard InChI is InChI=1S/C9H13N3O2.C5H12.C2H6.C2H4/c1-6(8(5-13)11-2)7(4-10)9(14)12-3;1-3-5-4-2;2*1-2/h5-7,13H,2H2,1,3H3,(H,12,14);3-5H2,1-2H3;1-2H3;1-2H2/b8-5-;;;. The van der Waals surface area contributed by atoms with Gasteiger partial charge in [0.15, 0.2) is 0 Å². The average molecular weight is 325 g/mol. The van der Waals surface area contributed by atoms with Gasteiger partial charge in [-0.2, -0.15) is 5.26 Å². The summed E-state index contributed by atoms with van der Waals surface area (Å²) < 4.78 is 0. The number of aliphatic hydroxyl groups is 1. The molecule has 0 aromatic rings. The highest BCUT2D eigenvalue weighted by molar-refractivity contribution is 5.81. The molecule has 0 heterocycles. The lowest BCUT2D eigenvalue weighted by Crippen LogP contribution is -2.31. The SMILES string of the molecule is C=C.C=N/C(=C\O)C(C)C(C#N)C(=O)NC.CC.CCCCC. The Hall–Kier alpha value is -2.09. The van der Waals surface area contributed by atoms with Crippen molar-refractivity contribution in [1.29, 1.82) is 5.26 Å². The van der Waals surface area contributed by atoms with E-state index in [9.17, 15) is 4.79 Å². The molecule has 0 radical (unpaired) electrons. The molecule has 5 nitrogen and oxygen atoms in total. The summed E-state index contributed by atoms with van der Waals surface area (Å²) in [6, 6.07) is 1.85. The number of nitrogens with one attached hydrogen (secondary N) is 1. The van der Waals surface area contributed by atoms with Crippen LogP contribution in [0.5, 0.6) is 0 Å². The number of aliphatic imine (C=N–C) groups is 1. The summed E-state index contributed by atoms with van der Waals surface area (Å²) in [6.45, 7) is 19.3. The second-order valence-electron chi connectivity index (χ2n) is 4.08. The first-order chi connectivity index (χ1) is 11.0. The summed E-state index contributed by atoms with van der Waals surface area (Å²) in [4.78, 5) is 14.7. The molecule has 0 aliphatic carbocycles. The smallest absolute Gasteiger partial charge is 0.237 e. The van der Waals surface area contributed by atoms with Gasteiger partial charge < -0.3 is 10.4 Å². The molecule has 2 atom stereocenters. The maximum atomic E-state index is 11.2. The molecule has 0 bridgehead atoms. The molecule has 0 aliphatic heterocycles. The number of rotatable bonds is 6. The summed E-state index contributed by atoms with van der Waals surface area (Å²) in [5.41, 5.74) is 0.222. The Bertz CT molecular complexity index is 345. The monoisotopic (exact) mass is 325 g/mol. The van der Waals surface area contributed by atoms with Gasteiger partial charge in [0, 0.05) is 13.0 Å². The van der Waals surface area contributed by atoms with Crippen molar-refractivity contribution in [2.24, 2.45) is 16.8 Å². The van der Waals surface area contributed by atoms with Crippen molar-refractivity contribution in [3.05, 3.63) is 25.1 Å². The first-order valence-electron chi connectivity index (χ1n) is 7.96. The molecule has 5 heteroatoms. The van der Waals surface area contributed by atoms with Gasteiger partial charge in [0.2, 0.25) is 5.91 Å². The fraction of sp³-hybridized carbons (Fsp3) is 0.611. The van der Waals surface area contributed by atoms with Crippen LogP contribution in [0.2, 0.25) is 0 Å². The van der Waals surface area contributed by atoms with E-state index in [1.807, 2.05) is 19.9 Å². The number of hydrogen-bond acceptors (Lipinski definition) is 4. The van der Waals surface area contributed by atoms with Gasteiger partial charge in [0.05, 0.1) is 11.8 Å². The number of carbonyl (C=O) groups is 1. The first kappa shape index (κ1) is 29.0. The fourth-order valence-corrected chi connectivity index (χ4v) is 1.38. The fourth-order valence-electron chi connectivity index (χ4n) is 1.38. The Labute approximate surface area is 142 Å². The van der Waals surface area contributed by atoms with Gasteiger partial charge in [-0.05, 0) is 6.72 Å². The minimum Gasteiger partial charge on any atom is -0.514 e. The molecular weight excluding hydrogens is 290 g/mol. The highest BCUT2D eigenvalue weighted by atomic mass is 16.2. The molecule has 0 fully saturated rings. The van der Waals surface area contributed by atoms with Gasteiger partial charge in [0.1, 0.15) is 12.2 Å². The zero-order valence-electron chi connectivity index (χ0n) is 15.7. The first-order valence-corrected chi connectivity index (χ1v) is 7.96. The summed E-state index contributed by atoms with van der Waals surface area (Å²) in [5.74, 6) is -1.76. The highest BCUT2D eigenvalue weighted by Gasteiger charge is 2.26. The third-order valence-corrected chi connectivity index (χ3v) is 2.66.